The summed E-state index contributed by atoms with van der Waals surface area (Å²) in [5.41, 5.74) is 15.8. The third-order valence-corrected chi connectivity index (χ3v) is 4.74. The fraction of sp³-hybridized carbons (Fsp3) is 0.105. The highest BCUT2D eigenvalue weighted by molar-refractivity contribution is 6.20. The predicted octanol–water partition coefficient (Wildman–Crippen LogP) is 2.23. The second-order valence-corrected chi connectivity index (χ2v) is 6.50. The lowest BCUT2D eigenvalue weighted by atomic mass is 9.90. The maximum atomic E-state index is 14.2. The van der Waals surface area contributed by atoms with Gasteiger partial charge in [-0.2, -0.15) is 5.10 Å². The van der Waals surface area contributed by atoms with Gasteiger partial charge in [0.15, 0.2) is 0 Å². The van der Waals surface area contributed by atoms with Crippen LogP contribution in [0.4, 0.5) is 10.3 Å². The summed E-state index contributed by atoms with van der Waals surface area (Å²) >= 11 is 0. The van der Waals surface area contributed by atoms with E-state index in [0.29, 0.717) is 6.54 Å². The van der Waals surface area contributed by atoms with Gasteiger partial charge in [0, 0.05) is 54.5 Å². The van der Waals surface area contributed by atoms with Gasteiger partial charge in [0.2, 0.25) is 5.95 Å². The number of benzene rings is 1. The first kappa shape index (κ1) is 14.8. The minimum atomic E-state index is -0.266. The molecule has 0 atom stereocenters. The highest BCUT2D eigenvalue weighted by Gasteiger charge is 2.29. The Hall–Kier alpha value is -3.48. The second kappa shape index (κ2) is 5.26. The number of allylic oxidation sites excluding steroid dienone is 2. The Morgan fingerprint density at radius 2 is 2.00 bits per heavy atom. The molecular weight excluding hydrogens is 331 g/mol. The topological polar surface area (TPSA) is 79.4 Å². The van der Waals surface area contributed by atoms with Gasteiger partial charge in [-0.25, -0.2) is 14.4 Å². The lowest BCUT2D eigenvalue weighted by Crippen LogP contribution is -2.24. The summed E-state index contributed by atoms with van der Waals surface area (Å²) in [5, 5.41) is 4.54. The van der Waals surface area contributed by atoms with Gasteiger partial charge >= 0.3 is 0 Å². The van der Waals surface area contributed by atoms with Crippen LogP contribution in [0.5, 0.6) is 0 Å². The maximum absolute atomic E-state index is 14.2. The van der Waals surface area contributed by atoms with Gasteiger partial charge in [-0.05, 0) is 29.3 Å². The van der Waals surface area contributed by atoms with Gasteiger partial charge in [0.1, 0.15) is 5.82 Å². The monoisotopic (exact) mass is 346 g/mol. The molecule has 26 heavy (non-hydrogen) atoms. The SMILES string of the molecule is CN1C=C2C(=C(c3cnc(N)nc3)C1)NN=C1C=Cc3cc(F)cc2c31. The van der Waals surface area contributed by atoms with Gasteiger partial charge in [0.05, 0.1) is 11.4 Å². The van der Waals surface area contributed by atoms with Crippen LogP contribution in [0.15, 0.2) is 47.6 Å². The molecule has 3 aliphatic rings. The Bertz CT molecular complexity index is 1060. The van der Waals surface area contributed by atoms with E-state index in [1.54, 1.807) is 18.5 Å². The molecule has 0 saturated heterocycles. The number of nitrogens with zero attached hydrogens (tertiary/aromatic N) is 4. The van der Waals surface area contributed by atoms with Crippen LogP contribution >= 0.6 is 0 Å². The number of nitrogen functional groups attached to an aromatic ring is 1. The predicted molar refractivity (Wildman–Crippen MR) is 99.1 cm³/mol. The van der Waals surface area contributed by atoms with Crippen LogP contribution in [0.25, 0.3) is 17.2 Å². The molecule has 0 spiro atoms. The fourth-order valence-corrected chi connectivity index (χ4v) is 3.60. The van der Waals surface area contributed by atoms with Gasteiger partial charge in [-0.15, -0.1) is 0 Å². The first-order valence-electron chi connectivity index (χ1n) is 8.20. The van der Waals surface area contributed by atoms with Crippen LogP contribution < -0.4 is 11.2 Å². The average molecular weight is 346 g/mol. The van der Waals surface area contributed by atoms with Crippen LogP contribution in [0, 0.1) is 5.82 Å². The van der Waals surface area contributed by atoms with E-state index in [1.165, 1.54) is 6.07 Å². The first-order valence-corrected chi connectivity index (χ1v) is 8.20. The van der Waals surface area contributed by atoms with Crippen molar-refractivity contribution in [3.8, 4) is 0 Å². The smallest absolute Gasteiger partial charge is 0.219 e. The van der Waals surface area contributed by atoms with Crippen molar-refractivity contribution in [3.63, 3.8) is 0 Å². The van der Waals surface area contributed by atoms with Crippen molar-refractivity contribution in [2.75, 3.05) is 19.3 Å². The molecule has 1 aromatic heterocycles. The van der Waals surface area contributed by atoms with Gasteiger partial charge in [-0.1, -0.05) is 6.08 Å². The standard InChI is InChI=1S/C19H15FN6/c1-26-8-14(11-6-22-19(21)23-7-11)18-15(9-26)13-5-12(20)4-10-2-3-16(17(10)13)24-25-18/h2-7,9,25H,8H2,1H3,(H2,21,22,23). The number of halogens is 1. The molecule has 2 aromatic rings. The van der Waals surface area contributed by atoms with E-state index in [-0.39, 0.29) is 11.8 Å². The number of hydrogen-bond acceptors (Lipinski definition) is 6. The maximum Gasteiger partial charge on any atom is 0.219 e. The lowest BCUT2D eigenvalue weighted by molar-refractivity contribution is 0.510. The van der Waals surface area contributed by atoms with Crippen molar-refractivity contribution in [1.82, 2.24) is 20.3 Å². The van der Waals surface area contributed by atoms with Gasteiger partial charge in [-0.3, -0.25) is 5.43 Å². The molecule has 1 aromatic carbocycles. The Labute approximate surface area is 149 Å². The first-order chi connectivity index (χ1) is 12.6. The zero-order chi connectivity index (χ0) is 17.8. The number of aromatic nitrogens is 2. The summed E-state index contributed by atoms with van der Waals surface area (Å²) in [5.74, 6) is -0.0394. The zero-order valence-electron chi connectivity index (χ0n) is 14.0. The average Bonchev–Trinajstić information content (AvgIpc) is 2.95. The summed E-state index contributed by atoms with van der Waals surface area (Å²) in [6.07, 6.45) is 9.19. The number of anilines is 1. The van der Waals surface area contributed by atoms with E-state index in [1.807, 2.05) is 25.4 Å². The number of nitrogens with one attached hydrogen (secondary N) is 1. The van der Waals surface area contributed by atoms with E-state index in [2.05, 4.69) is 25.4 Å². The molecule has 0 saturated carbocycles. The minimum absolute atomic E-state index is 0.227. The van der Waals surface area contributed by atoms with Crippen molar-refractivity contribution in [1.29, 1.82) is 0 Å². The van der Waals surface area contributed by atoms with Crippen molar-refractivity contribution < 1.29 is 4.39 Å². The molecule has 6 nitrogen and oxygen atoms in total. The summed E-state index contributed by atoms with van der Waals surface area (Å²) in [6, 6.07) is 3.10. The number of rotatable bonds is 1. The molecule has 128 valence electrons. The number of hydrogen-bond donors (Lipinski definition) is 2. The Morgan fingerprint density at radius 1 is 1.19 bits per heavy atom. The number of likely N-dealkylation sites (N-methyl/N-ethyl adjacent to an activating group) is 1. The number of fused-ring (bicyclic) bond motifs is 2. The molecule has 0 unspecified atom stereocenters. The van der Waals surface area contributed by atoms with E-state index < -0.39 is 0 Å². The third-order valence-electron chi connectivity index (χ3n) is 4.74. The quantitative estimate of drug-likeness (QED) is 0.828. The van der Waals surface area contributed by atoms with Gasteiger partial charge < -0.3 is 10.6 Å². The highest BCUT2D eigenvalue weighted by atomic mass is 19.1. The number of nitrogens with two attached hydrogens (primary N) is 1. The van der Waals surface area contributed by atoms with Crippen LogP contribution in [0.1, 0.15) is 22.3 Å². The largest absolute Gasteiger partial charge is 0.375 e. The summed E-state index contributed by atoms with van der Waals surface area (Å²) in [6.45, 7) is 0.650. The van der Waals surface area contributed by atoms with Crippen molar-refractivity contribution >= 4 is 28.9 Å². The molecule has 3 heterocycles. The molecule has 2 aliphatic heterocycles. The fourth-order valence-electron chi connectivity index (χ4n) is 3.60. The molecule has 3 N–H and O–H groups in total. The number of hydrazone groups is 1. The van der Waals surface area contributed by atoms with Crippen molar-refractivity contribution in [2.24, 2.45) is 5.10 Å². The van der Waals surface area contributed by atoms with E-state index in [0.717, 1.165) is 44.8 Å². The third kappa shape index (κ3) is 2.13. The second-order valence-electron chi connectivity index (χ2n) is 6.50. The van der Waals surface area contributed by atoms with Crippen molar-refractivity contribution in [2.45, 2.75) is 0 Å². The lowest BCUT2D eigenvalue weighted by Gasteiger charge is -2.28. The van der Waals surface area contributed by atoms with Crippen LogP contribution in [-0.4, -0.2) is 34.2 Å². The Kier molecular flexibility index (Phi) is 3.00. The molecular formula is C19H15FN6. The van der Waals surface area contributed by atoms with E-state index in [9.17, 15) is 4.39 Å². The summed E-state index contributed by atoms with van der Waals surface area (Å²) in [4.78, 5) is 10.3. The van der Waals surface area contributed by atoms with Crippen LogP contribution in [0.2, 0.25) is 0 Å². The van der Waals surface area contributed by atoms with Crippen LogP contribution in [0.3, 0.4) is 0 Å². The molecule has 1 aliphatic carbocycles. The molecule has 0 bridgehead atoms. The molecule has 5 rings (SSSR count). The summed E-state index contributed by atoms with van der Waals surface area (Å²) in [7, 11) is 1.98. The normalized spacial score (nSPS) is 17.2. The molecule has 0 fully saturated rings. The van der Waals surface area contributed by atoms with E-state index in [4.69, 9.17) is 5.73 Å². The zero-order valence-corrected chi connectivity index (χ0v) is 14.0. The Morgan fingerprint density at radius 3 is 2.81 bits per heavy atom. The van der Waals surface area contributed by atoms with Crippen molar-refractivity contribution in [3.05, 3.63) is 70.6 Å². The molecule has 0 radical (unpaired) electrons. The minimum Gasteiger partial charge on any atom is -0.375 e. The highest BCUT2D eigenvalue weighted by Crippen LogP contribution is 2.39. The Balaban J connectivity index is 1.77. The molecule has 7 heteroatoms. The van der Waals surface area contributed by atoms with Crippen LogP contribution in [-0.2, 0) is 0 Å². The molecule has 0 amide bonds. The van der Waals surface area contributed by atoms with E-state index >= 15 is 0 Å². The van der Waals surface area contributed by atoms with Gasteiger partial charge in [0.25, 0.3) is 0 Å². The summed E-state index contributed by atoms with van der Waals surface area (Å²) < 4.78 is 14.2.